The van der Waals surface area contributed by atoms with Gasteiger partial charge in [-0.15, -0.1) is 28.6 Å². The highest BCUT2D eigenvalue weighted by molar-refractivity contribution is 8.07. The Labute approximate surface area is 79.3 Å². The van der Waals surface area contributed by atoms with Gasteiger partial charge in [0.1, 0.15) is 10.7 Å². The molecular weight excluding hydrogens is 196 g/mol. The van der Waals surface area contributed by atoms with Gasteiger partial charge in [0.2, 0.25) is 0 Å². The molecule has 2 atom stereocenters. The van der Waals surface area contributed by atoms with E-state index in [0.717, 1.165) is 11.5 Å². The summed E-state index contributed by atoms with van der Waals surface area (Å²) in [6.07, 6.45) is -0.366. The third-order valence-electron chi connectivity index (χ3n) is 1.82. The van der Waals surface area contributed by atoms with Crippen molar-refractivity contribution in [3.63, 3.8) is 0 Å². The maximum absolute atomic E-state index is 10.9. The van der Waals surface area contributed by atoms with E-state index in [9.17, 15) is 4.79 Å². The van der Waals surface area contributed by atoms with E-state index in [1.165, 1.54) is 0 Å². The molecular formula is C6H10N2O2S2. The lowest BCUT2D eigenvalue weighted by atomic mass is 10.6. The summed E-state index contributed by atoms with van der Waals surface area (Å²) in [7, 11) is 1.57. The minimum Gasteiger partial charge on any atom is -0.349 e. The third-order valence-corrected chi connectivity index (χ3v) is 4.78. The maximum atomic E-state index is 10.9. The van der Waals surface area contributed by atoms with E-state index in [1.54, 1.807) is 12.1 Å². The van der Waals surface area contributed by atoms with E-state index >= 15 is 0 Å². The van der Waals surface area contributed by atoms with E-state index in [1.807, 2.05) is 23.5 Å². The number of hydrogen-bond acceptors (Lipinski definition) is 5. The van der Waals surface area contributed by atoms with Crippen molar-refractivity contribution < 1.29 is 9.63 Å². The zero-order chi connectivity index (χ0) is 8.55. The van der Waals surface area contributed by atoms with Crippen LogP contribution in [0.5, 0.6) is 0 Å². The van der Waals surface area contributed by atoms with E-state index in [4.69, 9.17) is 4.84 Å². The molecule has 0 saturated carbocycles. The number of rotatable bonds is 1. The van der Waals surface area contributed by atoms with Crippen LogP contribution in [-0.2, 0) is 4.84 Å². The molecule has 2 aliphatic rings. The van der Waals surface area contributed by atoms with Crippen molar-refractivity contribution in [2.24, 2.45) is 0 Å². The van der Waals surface area contributed by atoms with Gasteiger partial charge in [0.15, 0.2) is 0 Å². The van der Waals surface area contributed by atoms with Gasteiger partial charge < -0.3 is 10.2 Å². The number of thioether (sulfide) groups is 2. The Balaban J connectivity index is 1.92. The summed E-state index contributed by atoms with van der Waals surface area (Å²) < 4.78 is 0. The lowest BCUT2D eigenvalue weighted by molar-refractivity contribution is -0.0963. The second-order valence-electron chi connectivity index (χ2n) is 2.56. The van der Waals surface area contributed by atoms with Crippen LogP contribution in [-0.4, -0.2) is 40.5 Å². The molecule has 2 heterocycles. The highest BCUT2D eigenvalue weighted by atomic mass is 32.2. The van der Waals surface area contributed by atoms with Crippen LogP contribution < -0.4 is 5.32 Å². The van der Waals surface area contributed by atoms with Gasteiger partial charge in [0.05, 0.1) is 0 Å². The molecule has 2 aliphatic heterocycles. The average molecular weight is 206 g/mol. The van der Waals surface area contributed by atoms with Crippen LogP contribution in [0.15, 0.2) is 0 Å². The summed E-state index contributed by atoms with van der Waals surface area (Å²) in [5, 5.41) is 4.98. The molecule has 68 valence electrons. The van der Waals surface area contributed by atoms with Crippen LogP contribution in [0.1, 0.15) is 0 Å². The van der Waals surface area contributed by atoms with Crippen LogP contribution >= 0.6 is 23.5 Å². The Morgan fingerprint density at radius 2 is 2.08 bits per heavy atom. The fourth-order valence-electron chi connectivity index (χ4n) is 1.22. The van der Waals surface area contributed by atoms with E-state index in [2.05, 4.69) is 5.32 Å². The molecule has 2 saturated heterocycles. The van der Waals surface area contributed by atoms with Gasteiger partial charge in [-0.1, -0.05) is 0 Å². The molecule has 0 aliphatic carbocycles. The van der Waals surface area contributed by atoms with Crippen molar-refractivity contribution in [2.75, 3.05) is 18.6 Å². The molecule has 1 N–H and O–H groups in total. The van der Waals surface area contributed by atoms with Crippen molar-refractivity contribution in [3.05, 3.63) is 0 Å². The SMILES string of the molecule is CNC(=O)ON1C2CSC1CS2. The first-order valence-electron chi connectivity index (χ1n) is 3.72. The second-order valence-corrected chi connectivity index (χ2v) is 4.99. The molecule has 12 heavy (non-hydrogen) atoms. The number of amides is 1. The number of fused-ring (bicyclic) bond motifs is 2. The van der Waals surface area contributed by atoms with E-state index in [-0.39, 0.29) is 6.09 Å². The summed E-state index contributed by atoms with van der Waals surface area (Å²) in [5.74, 6) is 2.12. The van der Waals surface area contributed by atoms with Gasteiger partial charge >= 0.3 is 6.09 Å². The molecule has 2 unspecified atom stereocenters. The van der Waals surface area contributed by atoms with Crippen molar-refractivity contribution in [3.8, 4) is 0 Å². The fourth-order valence-corrected chi connectivity index (χ4v) is 4.28. The monoisotopic (exact) mass is 206 g/mol. The third kappa shape index (κ3) is 1.38. The Kier molecular flexibility index (Phi) is 2.38. The van der Waals surface area contributed by atoms with E-state index < -0.39 is 0 Å². The number of nitrogens with zero attached hydrogens (tertiary/aromatic N) is 1. The number of carbonyl (C=O) groups is 1. The molecule has 0 aromatic heterocycles. The van der Waals surface area contributed by atoms with Crippen LogP contribution in [0.2, 0.25) is 0 Å². The van der Waals surface area contributed by atoms with Crippen LogP contribution in [0.25, 0.3) is 0 Å². The number of nitrogens with one attached hydrogen (secondary N) is 1. The van der Waals surface area contributed by atoms with Crippen LogP contribution in [0.4, 0.5) is 4.79 Å². The summed E-state index contributed by atoms with van der Waals surface area (Å²) in [5.41, 5.74) is 0. The highest BCUT2D eigenvalue weighted by Crippen LogP contribution is 2.43. The molecule has 0 aromatic rings. The first-order chi connectivity index (χ1) is 5.81. The van der Waals surface area contributed by atoms with Gasteiger partial charge in [0, 0.05) is 18.6 Å². The number of hydroxylamine groups is 2. The molecule has 0 aromatic carbocycles. The standard InChI is InChI=1S/C6H10N2O2S2/c1-7-6(9)10-8-4-2-11-5(8)3-12-4/h4-5H,2-3H2,1H3,(H,7,9). The molecule has 6 heteroatoms. The average Bonchev–Trinajstić information content (AvgIpc) is 2.65. The molecule has 2 fully saturated rings. The van der Waals surface area contributed by atoms with E-state index in [0.29, 0.717) is 10.7 Å². The Hall–Kier alpha value is -0.0700. The van der Waals surface area contributed by atoms with Gasteiger partial charge in [-0.05, 0) is 0 Å². The zero-order valence-electron chi connectivity index (χ0n) is 6.65. The lowest BCUT2D eigenvalue weighted by Crippen LogP contribution is -2.35. The first-order valence-corrected chi connectivity index (χ1v) is 5.82. The lowest BCUT2D eigenvalue weighted by Gasteiger charge is -2.17. The van der Waals surface area contributed by atoms with Gasteiger partial charge in [0.25, 0.3) is 0 Å². The summed E-state index contributed by atoms with van der Waals surface area (Å²) >= 11 is 3.71. The highest BCUT2D eigenvalue weighted by Gasteiger charge is 2.43. The quantitative estimate of drug-likeness (QED) is 0.684. The maximum Gasteiger partial charge on any atom is 0.426 e. The minimum atomic E-state index is -0.366. The van der Waals surface area contributed by atoms with Gasteiger partial charge in [-0.2, -0.15) is 0 Å². The minimum absolute atomic E-state index is 0.366. The Bertz CT molecular complexity index is 182. The Morgan fingerprint density at radius 3 is 2.50 bits per heavy atom. The first kappa shape index (κ1) is 8.52. The molecule has 0 radical (unpaired) electrons. The van der Waals surface area contributed by atoms with Crippen molar-refractivity contribution in [1.29, 1.82) is 0 Å². The predicted octanol–water partition coefficient (Wildman–Crippen LogP) is 0.705. The summed E-state index contributed by atoms with van der Waals surface area (Å²) in [4.78, 5) is 16.0. The smallest absolute Gasteiger partial charge is 0.349 e. The molecule has 4 nitrogen and oxygen atoms in total. The molecule has 0 spiro atoms. The molecule has 2 rings (SSSR count). The largest absolute Gasteiger partial charge is 0.426 e. The van der Waals surface area contributed by atoms with Gasteiger partial charge in [-0.25, -0.2) is 4.79 Å². The summed E-state index contributed by atoms with van der Waals surface area (Å²) in [6.45, 7) is 0. The van der Waals surface area contributed by atoms with Crippen molar-refractivity contribution in [1.82, 2.24) is 10.4 Å². The molecule has 2 bridgehead atoms. The topological polar surface area (TPSA) is 41.6 Å². The van der Waals surface area contributed by atoms with Gasteiger partial charge in [-0.3, -0.25) is 0 Å². The fraction of sp³-hybridized carbons (Fsp3) is 0.833. The van der Waals surface area contributed by atoms with Crippen molar-refractivity contribution in [2.45, 2.75) is 10.7 Å². The summed E-state index contributed by atoms with van der Waals surface area (Å²) in [6, 6.07) is 0. The predicted molar refractivity (Wildman–Crippen MR) is 49.9 cm³/mol. The van der Waals surface area contributed by atoms with Crippen LogP contribution in [0, 0.1) is 0 Å². The molecule has 1 amide bonds. The number of hydrogen-bond donors (Lipinski definition) is 1. The van der Waals surface area contributed by atoms with Crippen molar-refractivity contribution >= 4 is 29.6 Å². The van der Waals surface area contributed by atoms with Crippen LogP contribution in [0.3, 0.4) is 0 Å². The second kappa shape index (κ2) is 3.35. The number of carbonyl (C=O) groups excluding carboxylic acids is 1. The normalized spacial score (nSPS) is 33.8. The zero-order valence-corrected chi connectivity index (χ0v) is 8.28. The Morgan fingerprint density at radius 1 is 1.50 bits per heavy atom.